The van der Waals surface area contributed by atoms with Gasteiger partial charge in [0.1, 0.15) is 0 Å². The molecule has 0 heterocycles. The summed E-state index contributed by atoms with van der Waals surface area (Å²) in [5.41, 5.74) is 5.95. The van der Waals surface area contributed by atoms with Crippen molar-refractivity contribution in [2.24, 2.45) is 11.3 Å². The first-order chi connectivity index (χ1) is 15.1. The fourth-order valence-electron chi connectivity index (χ4n) is 5.90. The number of hydrogen-bond acceptors (Lipinski definition) is 1. The van der Waals surface area contributed by atoms with E-state index in [1.807, 2.05) is 0 Å². The molecule has 0 spiro atoms. The van der Waals surface area contributed by atoms with E-state index >= 15 is 0 Å². The SMILES string of the molecule is CC[Si](CC)(CC)OCCCC(C)(C1=CC=C2C=CC=CC21)C1C=Cc2ccccc21.[Cl-].[Cl-].[Zr+2]. The maximum atomic E-state index is 6.64. The quantitative estimate of drug-likeness (QED) is 0.299. The summed E-state index contributed by atoms with van der Waals surface area (Å²) in [5, 5.41) is 0. The normalized spacial score (nSPS) is 21.3. The Labute approximate surface area is 240 Å². The minimum Gasteiger partial charge on any atom is -1.00 e. The molecule has 0 bridgehead atoms. The molecule has 0 aliphatic heterocycles. The molecule has 3 atom stereocenters. The second kappa shape index (κ2) is 13.8. The second-order valence-electron chi connectivity index (χ2n) is 9.59. The van der Waals surface area contributed by atoms with Gasteiger partial charge in [0.15, 0.2) is 8.32 Å². The number of allylic oxidation sites excluding steroid dienone is 9. The van der Waals surface area contributed by atoms with Gasteiger partial charge in [-0.25, -0.2) is 0 Å². The first-order valence-corrected chi connectivity index (χ1v) is 14.8. The summed E-state index contributed by atoms with van der Waals surface area (Å²) in [4.78, 5) is 0. The largest absolute Gasteiger partial charge is 2.00 e. The maximum absolute atomic E-state index is 6.64. The number of halogens is 2. The summed E-state index contributed by atoms with van der Waals surface area (Å²) in [6.07, 6.45) is 20.9. The van der Waals surface area contributed by atoms with Gasteiger partial charge in [0.25, 0.3) is 0 Å². The first kappa shape index (κ1) is 31.6. The first-order valence-electron chi connectivity index (χ1n) is 12.2. The smallest absolute Gasteiger partial charge is 1.00 e. The van der Waals surface area contributed by atoms with E-state index in [-0.39, 0.29) is 56.4 Å². The van der Waals surface area contributed by atoms with Crippen molar-refractivity contribution < 1.29 is 55.4 Å². The van der Waals surface area contributed by atoms with Crippen molar-refractivity contribution >= 4 is 14.4 Å². The zero-order valence-corrected chi connectivity index (χ0v) is 26.0. The van der Waals surface area contributed by atoms with Crippen LogP contribution >= 0.6 is 0 Å². The van der Waals surface area contributed by atoms with Crippen LogP contribution in [0.4, 0.5) is 0 Å². The molecule has 0 saturated carbocycles. The van der Waals surface area contributed by atoms with Gasteiger partial charge < -0.3 is 29.2 Å². The van der Waals surface area contributed by atoms with Crippen LogP contribution in [-0.2, 0) is 30.6 Å². The van der Waals surface area contributed by atoms with Gasteiger partial charge in [-0.3, -0.25) is 0 Å². The van der Waals surface area contributed by atoms with Gasteiger partial charge in [-0.05, 0) is 47.7 Å². The molecule has 3 aliphatic rings. The third-order valence-electron chi connectivity index (χ3n) is 8.18. The van der Waals surface area contributed by atoms with Crippen molar-refractivity contribution in [1.29, 1.82) is 0 Å². The van der Waals surface area contributed by atoms with Crippen LogP contribution in [0.1, 0.15) is 57.6 Å². The molecule has 0 fully saturated rings. The van der Waals surface area contributed by atoms with Crippen molar-refractivity contribution in [2.45, 2.75) is 64.6 Å². The molecule has 1 aromatic rings. The van der Waals surface area contributed by atoms with E-state index in [0.717, 1.165) is 19.4 Å². The standard InChI is InChI=1S/C29H38OSi.2ClH.Zr/c1-5-31(6-2,7-3)30-22-12-21-29(4,27-19-17-23-13-8-10-15-25(23)27)28-20-18-24-14-9-11-16-26(24)28;;;/h8-11,13-20,25,28H,5-7,12,21-22H2,1-4H3;2*1H;/q;;;+2/p-2. The molecule has 0 saturated heterocycles. The summed E-state index contributed by atoms with van der Waals surface area (Å²) < 4.78 is 6.64. The monoisotopic (exact) mass is 590 g/mol. The molecule has 0 N–H and O–H groups in total. The summed E-state index contributed by atoms with van der Waals surface area (Å²) in [5.74, 6) is 0.847. The molecule has 0 radical (unpaired) electrons. The Hall–Kier alpha value is -0.440. The zero-order valence-electron chi connectivity index (χ0n) is 21.0. The fraction of sp³-hybridized carbons (Fsp3) is 0.448. The molecule has 3 unspecified atom stereocenters. The number of benzene rings is 1. The van der Waals surface area contributed by atoms with Crippen molar-refractivity contribution in [3.8, 4) is 0 Å². The molecule has 5 heteroatoms. The minimum atomic E-state index is -1.52. The molecule has 0 aromatic heterocycles. The predicted octanol–water partition coefficient (Wildman–Crippen LogP) is 2.22. The molecular weight excluding hydrogens is 555 g/mol. The van der Waals surface area contributed by atoms with Gasteiger partial charge in [0.05, 0.1) is 0 Å². The van der Waals surface area contributed by atoms with E-state index in [4.69, 9.17) is 4.43 Å². The van der Waals surface area contributed by atoms with E-state index in [0.29, 0.717) is 11.8 Å². The Kier molecular flexibility index (Phi) is 12.8. The van der Waals surface area contributed by atoms with Crippen molar-refractivity contribution in [3.63, 3.8) is 0 Å². The van der Waals surface area contributed by atoms with E-state index < -0.39 is 8.32 Å². The molecule has 4 rings (SSSR count). The third kappa shape index (κ3) is 6.09. The minimum absolute atomic E-state index is 0. The van der Waals surface area contributed by atoms with Gasteiger partial charge in [-0.2, -0.15) is 0 Å². The van der Waals surface area contributed by atoms with Crippen molar-refractivity contribution in [3.05, 3.63) is 89.1 Å². The molecule has 182 valence electrons. The Morgan fingerprint density at radius 2 is 1.62 bits per heavy atom. The van der Waals surface area contributed by atoms with Crippen LogP contribution in [0.25, 0.3) is 6.08 Å². The van der Waals surface area contributed by atoms with Crippen molar-refractivity contribution in [1.82, 2.24) is 0 Å². The molecule has 34 heavy (non-hydrogen) atoms. The van der Waals surface area contributed by atoms with Crippen LogP contribution in [0.2, 0.25) is 18.1 Å². The van der Waals surface area contributed by atoms with Crippen LogP contribution in [-0.4, -0.2) is 14.9 Å². The zero-order chi connectivity index (χ0) is 21.9. The van der Waals surface area contributed by atoms with Crippen LogP contribution in [0, 0.1) is 11.3 Å². The average molecular weight is 593 g/mol. The molecule has 1 nitrogen and oxygen atoms in total. The van der Waals surface area contributed by atoms with Crippen LogP contribution in [0.15, 0.2) is 77.9 Å². The van der Waals surface area contributed by atoms with E-state index in [1.165, 1.54) is 34.8 Å². The van der Waals surface area contributed by atoms with Crippen LogP contribution in [0.3, 0.4) is 0 Å². The Balaban J connectivity index is 0.00000193. The van der Waals surface area contributed by atoms with E-state index in [1.54, 1.807) is 5.57 Å². The van der Waals surface area contributed by atoms with Crippen LogP contribution < -0.4 is 24.8 Å². The molecule has 1 aromatic carbocycles. The molecule has 0 amide bonds. The summed E-state index contributed by atoms with van der Waals surface area (Å²) in [7, 11) is -1.52. The van der Waals surface area contributed by atoms with Crippen molar-refractivity contribution in [2.75, 3.05) is 6.61 Å². The maximum Gasteiger partial charge on any atom is 2.00 e. The van der Waals surface area contributed by atoms with E-state index in [2.05, 4.69) is 101 Å². The molecule has 3 aliphatic carbocycles. The summed E-state index contributed by atoms with van der Waals surface area (Å²) in [6, 6.07) is 12.6. The van der Waals surface area contributed by atoms with Gasteiger partial charge in [-0.1, -0.05) is 106 Å². The third-order valence-corrected chi connectivity index (χ3v) is 12.9. The van der Waals surface area contributed by atoms with Gasteiger partial charge in [0, 0.05) is 23.9 Å². The fourth-order valence-corrected chi connectivity index (χ4v) is 8.59. The second-order valence-corrected chi connectivity index (χ2v) is 14.4. The van der Waals surface area contributed by atoms with Gasteiger partial charge >= 0.3 is 26.2 Å². The Morgan fingerprint density at radius 1 is 0.912 bits per heavy atom. The number of rotatable bonds is 10. The average Bonchev–Trinajstić information content (AvgIpc) is 3.45. The van der Waals surface area contributed by atoms with E-state index in [9.17, 15) is 0 Å². The van der Waals surface area contributed by atoms with Gasteiger partial charge in [0.2, 0.25) is 0 Å². The van der Waals surface area contributed by atoms with Crippen LogP contribution in [0.5, 0.6) is 0 Å². The Bertz CT molecular complexity index is 952. The number of fused-ring (bicyclic) bond motifs is 2. The predicted molar refractivity (Wildman–Crippen MR) is 137 cm³/mol. The topological polar surface area (TPSA) is 9.23 Å². The molecular formula is C29H38Cl2OSiZr. The van der Waals surface area contributed by atoms with Gasteiger partial charge in [-0.15, -0.1) is 0 Å². The Morgan fingerprint density at radius 3 is 2.32 bits per heavy atom. The summed E-state index contributed by atoms with van der Waals surface area (Å²) >= 11 is 0. The number of hydrogen-bond donors (Lipinski definition) is 0. The summed E-state index contributed by atoms with van der Waals surface area (Å²) in [6.45, 7) is 10.4.